The second kappa shape index (κ2) is 4.05. The second-order valence-electron chi connectivity index (χ2n) is 3.00. The summed E-state index contributed by atoms with van der Waals surface area (Å²) in [4.78, 5) is 10.4. The number of carbonyl (C=O) groups is 1. The molecule has 0 aliphatic heterocycles. The van der Waals surface area contributed by atoms with E-state index in [4.69, 9.17) is 5.11 Å². The van der Waals surface area contributed by atoms with Crippen LogP contribution in [0.5, 0.6) is 0 Å². The van der Waals surface area contributed by atoms with Gasteiger partial charge in [-0.05, 0) is 29.3 Å². The lowest BCUT2D eigenvalue weighted by Crippen LogP contribution is -2.24. The lowest BCUT2D eigenvalue weighted by molar-refractivity contribution is -0.139. The van der Waals surface area contributed by atoms with E-state index in [1.54, 1.807) is 6.08 Å². The largest absolute Gasteiger partial charge is 0.481 e. The summed E-state index contributed by atoms with van der Waals surface area (Å²) in [5.74, 6) is -0.964. The quantitative estimate of drug-likeness (QED) is 0.762. The first kappa shape index (κ1) is 9.74. The Balaban J connectivity index is 2.53. The highest BCUT2D eigenvalue weighted by atomic mass is 79.9. The van der Waals surface area contributed by atoms with Gasteiger partial charge in [0.25, 0.3) is 0 Å². The van der Waals surface area contributed by atoms with Crippen LogP contribution in [-0.2, 0) is 4.79 Å². The number of rotatable bonds is 2. The van der Waals surface area contributed by atoms with Crippen molar-refractivity contribution in [1.82, 2.24) is 0 Å². The molecule has 0 radical (unpaired) electrons. The van der Waals surface area contributed by atoms with Gasteiger partial charge in [-0.25, -0.2) is 0 Å². The van der Waals surface area contributed by atoms with E-state index < -0.39 is 12.1 Å². The molecular formula is C8H11BrO3. The van der Waals surface area contributed by atoms with Gasteiger partial charge in [0.1, 0.15) is 0 Å². The van der Waals surface area contributed by atoms with Crippen LogP contribution in [0.25, 0.3) is 0 Å². The molecule has 0 spiro atoms. The zero-order valence-electron chi connectivity index (χ0n) is 6.53. The Morgan fingerprint density at radius 2 is 2.42 bits per heavy atom. The average Bonchev–Trinajstić information content (AvgIpc) is 1.94. The summed E-state index contributed by atoms with van der Waals surface area (Å²) in [6, 6.07) is 0. The Kier molecular flexibility index (Phi) is 3.29. The third-order valence-corrected chi connectivity index (χ3v) is 2.69. The Morgan fingerprint density at radius 1 is 1.75 bits per heavy atom. The average molecular weight is 235 g/mol. The van der Waals surface area contributed by atoms with Crippen LogP contribution in [0.15, 0.2) is 10.6 Å². The molecular weight excluding hydrogens is 224 g/mol. The van der Waals surface area contributed by atoms with E-state index in [2.05, 4.69) is 15.9 Å². The van der Waals surface area contributed by atoms with E-state index in [1.807, 2.05) is 0 Å². The number of halogens is 1. The van der Waals surface area contributed by atoms with E-state index >= 15 is 0 Å². The molecule has 3 nitrogen and oxygen atoms in total. The maximum Gasteiger partial charge on any atom is 0.303 e. The second-order valence-corrected chi connectivity index (χ2v) is 4.02. The molecule has 0 aromatic rings. The monoisotopic (exact) mass is 234 g/mol. The minimum atomic E-state index is -0.842. The van der Waals surface area contributed by atoms with Gasteiger partial charge in [0.05, 0.1) is 12.5 Å². The molecule has 12 heavy (non-hydrogen) atoms. The van der Waals surface area contributed by atoms with Gasteiger partial charge in [-0.15, -0.1) is 0 Å². The van der Waals surface area contributed by atoms with Gasteiger partial charge in [-0.2, -0.15) is 0 Å². The zero-order chi connectivity index (χ0) is 9.14. The molecule has 0 saturated heterocycles. The number of aliphatic carboxylic acids is 1. The summed E-state index contributed by atoms with van der Waals surface area (Å²) in [5.41, 5.74) is 0. The van der Waals surface area contributed by atoms with Crippen LogP contribution in [0.4, 0.5) is 0 Å². The summed E-state index contributed by atoms with van der Waals surface area (Å²) in [6.45, 7) is 0. The van der Waals surface area contributed by atoms with Crippen LogP contribution in [-0.4, -0.2) is 22.3 Å². The Morgan fingerprint density at radius 3 is 2.92 bits per heavy atom. The number of allylic oxidation sites excluding steroid dienone is 1. The lowest BCUT2D eigenvalue weighted by Gasteiger charge is -2.23. The number of carboxylic acids is 1. The summed E-state index contributed by atoms with van der Waals surface area (Å²) in [7, 11) is 0. The van der Waals surface area contributed by atoms with E-state index in [0.29, 0.717) is 0 Å². The van der Waals surface area contributed by atoms with E-state index in [9.17, 15) is 9.90 Å². The summed E-state index contributed by atoms with van der Waals surface area (Å²) in [6.07, 6.45) is 2.69. The van der Waals surface area contributed by atoms with Crippen molar-refractivity contribution in [3.05, 3.63) is 10.6 Å². The van der Waals surface area contributed by atoms with Crippen LogP contribution in [0.2, 0.25) is 0 Å². The van der Waals surface area contributed by atoms with Gasteiger partial charge in [-0.1, -0.05) is 15.9 Å². The van der Waals surface area contributed by atoms with Crippen LogP contribution in [0.3, 0.4) is 0 Å². The van der Waals surface area contributed by atoms with Gasteiger partial charge in [0.15, 0.2) is 0 Å². The lowest BCUT2D eigenvalue weighted by atomic mass is 9.89. The number of aliphatic hydroxyl groups excluding tert-OH is 1. The Hall–Kier alpha value is -0.350. The Labute approximate surface area is 79.2 Å². The molecule has 2 N–H and O–H groups in total. The van der Waals surface area contributed by atoms with Crippen molar-refractivity contribution in [3.8, 4) is 0 Å². The standard InChI is InChI=1S/C8H11BrO3/c9-6-2-1-5(3-8(11)12)7(10)4-6/h4-5,7,10H,1-3H2,(H,11,12). The molecule has 0 aromatic heterocycles. The molecule has 1 aliphatic carbocycles. The first-order valence-electron chi connectivity index (χ1n) is 3.85. The fourth-order valence-corrected chi connectivity index (χ4v) is 1.85. The maximum absolute atomic E-state index is 10.4. The third kappa shape index (κ3) is 2.60. The summed E-state index contributed by atoms with van der Waals surface area (Å²) < 4.78 is 0.969. The predicted octanol–water partition coefficient (Wildman–Crippen LogP) is 1.51. The maximum atomic E-state index is 10.4. The molecule has 68 valence electrons. The highest BCUT2D eigenvalue weighted by Gasteiger charge is 2.24. The molecule has 0 bridgehead atoms. The van der Waals surface area contributed by atoms with Gasteiger partial charge in [0.2, 0.25) is 0 Å². The minimum Gasteiger partial charge on any atom is -0.481 e. The van der Waals surface area contributed by atoms with Crippen molar-refractivity contribution in [3.63, 3.8) is 0 Å². The number of carboxylic acid groups (broad SMARTS) is 1. The molecule has 2 unspecified atom stereocenters. The number of hydrogen-bond donors (Lipinski definition) is 2. The van der Waals surface area contributed by atoms with Gasteiger partial charge >= 0.3 is 5.97 Å². The first-order valence-corrected chi connectivity index (χ1v) is 4.65. The van der Waals surface area contributed by atoms with Crippen molar-refractivity contribution >= 4 is 21.9 Å². The van der Waals surface area contributed by atoms with E-state index in [-0.39, 0.29) is 12.3 Å². The molecule has 4 heteroatoms. The SMILES string of the molecule is O=C(O)CC1CCC(Br)=CC1O. The Bertz CT molecular complexity index is 212. The molecule has 0 amide bonds. The molecule has 0 heterocycles. The van der Waals surface area contributed by atoms with Gasteiger partial charge < -0.3 is 10.2 Å². The van der Waals surface area contributed by atoms with Crippen molar-refractivity contribution in [2.75, 3.05) is 0 Å². The van der Waals surface area contributed by atoms with Crippen molar-refractivity contribution < 1.29 is 15.0 Å². The third-order valence-electron chi connectivity index (χ3n) is 2.03. The van der Waals surface area contributed by atoms with Crippen LogP contribution in [0.1, 0.15) is 19.3 Å². The zero-order valence-corrected chi connectivity index (χ0v) is 8.12. The predicted molar refractivity (Wildman–Crippen MR) is 48.0 cm³/mol. The van der Waals surface area contributed by atoms with Crippen molar-refractivity contribution in [1.29, 1.82) is 0 Å². The number of hydrogen-bond acceptors (Lipinski definition) is 2. The minimum absolute atomic E-state index is 0.0535. The molecule has 0 aromatic carbocycles. The summed E-state index contributed by atoms with van der Waals surface area (Å²) >= 11 is 3.28. The van der Waals surface area contributed by atoms with Crippen LogP contribution < -0.4 is 0 Å². The van der Waals surface area contributed by atoms with Gasteiger partial charge in [0, 0.05) is 0 Å². The molecule has 1 aliphatic rings. The van der Waals surface area contributed by atoms with E-state index in [0.717, 1.165) is 17.3 Å². The molecule has 1 rings (SSSR count). The highest BCUT2D eigenvalue weighted by molar-refractivity contribution is 9.11. The van der Waals surface area contributed by atoms with Crippen LogP contribution >= 0.6 is 15.9 Å². The summed E-state index contributed by atoms with van der Waals surface area (Å²) in [5, 5.41) is 17.9. The van der Waals surface area contributed by atoms with E-state index in [1.165, 1.54) is 0 Å². The van der Waals surface area contributed by atoms with Crippen LogP contribution in [0, 0.1) is 5.92 Å². The number of aliphatic hydroxyl groups is 1. The normalized spacial score (nSPS) is 29.7. The van der Waals surface area contributed by atoms with Gasteiger partial charge in [-0.3, -0.25) is 4.79 Å². The highest BCUT2D eigenvalue weighted by Crippen LogP contribution is 2.29. The van der Waals surface area contributed by atoms with Crippen molar-refractivity contribution in [2.45, 2.75) is 25.4 Å². The molecule has 0 saturated carbocycles. The fraction of sp³-hybridized carbons (Fsp3) is 0.625. The smallest absolute Gasteiger partial charge is 0.303 e. The molecule has 2 atom stereocenters. The van der Waals surface area contributed by atoms with Crippen molar-refractivity contribution in [2.24, 2.45) is 5.92 Å². The topological polar surface area (TPSA) is 57.5 Å². The first-order chi connectivity index (χ1) is 5.59. The fourth-order valence-electron chi connectivity index (χ4n) is 1.35. The molecule has 0 fully saturated rings.